The van der Waals surface area contributed by atoms with Gasteiger partial charge in [-0.1, -0.05) is 36.4 Å². The summed E-state index contributed by atoms with van der Waals surface area (Å²) in [5, 5.41) is 4.98. The highest BCUT2D eigenvalue weighted by atomic mass is 16.5. The predicted molar refractivity (Wildman–Crippen MR) is 125 cm³/mol. The molecule has 0 radical (unpaired) electrons. The van der Waals surface area contributed by atoms with Crippen LogP contribution in [0.4, 0.5) is 0 Å². The second kappa shape index (κ2) is 10.2. The Kier molecular flexibility index (Phi) is 6.70. The summed E-state index contributed by atoms with van der Waals surface area (Å²) in [6, 6.07) is 25.5. The van der Waals surface area contributed by atoms with Crippen molar-refractivity contribution in [3.05, 3.63) is 107 Å². The first-order chi connectivity index (χ1) is 16.1. The van der Waals surface area contributed by atoms with Crippen LogP contribution in [0.15, 0.2) is 90.0 Å². The number of esters is 1. The minimum Gasteiger partial charge on any atom is -0.489 e. The van der Waals surface area contributed by atoms with Crippen LogP contribution in [0.1, 0.15) is 32.0 Å². The van der Waals surface area contributed by atoms with Gasteiger partial charge in [-0.2, -0.15) is 5.10 Å². The van der Waals surface area contributed by atoms with Crippen molar-refractivity contribution in [3.63, 3.8) is 0 Å². The Hall–Kier alpha value is -4.52. The number of pyridine rings is 1. The van der Waals surface area contributed by atoms with Crippen molar-refractivity contribution in [1.82, 2.24) is 10.4 Å². The lowest BCUT2D eigenvalue weighted by Crippen LogP contribution is -2.18. The van der Waals surface area contributed by atoms with Crippen molar-refractivity contribution < 1.29 is 19.1 Å². The number of hydrogen-bond donors (Lipinski definition) is 1. The van der Waals surface area contributed by atoms with Crippen LogP contribution in [0.5, 0.6) is 5.75 Å². The molecule has 4 rings (SSSR count). The summed E-state index contributed by atoms with van der Waals surface area (Å²) in [6.45, 7) is 0.365. The van der Waals surface area contributed by atoms with Gasteiger partial charge in [0, 0.05) is 5.39 Å². The highest BCUT2D eigenvalue weighted by molar-refractivity contribution is 5.95. The minimum atomic E-state index is -0.379. The van der Waals surface area contributed by atoms with E-state index < -0.39 is 0 Å². The third-order valence-electron chi connectivity index (χ3n) is 4.87. The highest BCUT2D eigenvalue weighted by Crippen LogP contribution is 2.15. The number of aromatic nitrogens is 1. The molecule has 164 valence electrons. The number of carbonyl (C=O) groups excluding carboxylic acids is 2. The van der Waals surface area contributed by atoms with Crippen LogP contribution in [0, 0.1) is 0 Å². The Labute approximate surface area is 190 Å². The van der Waals surface area contributed by atoms with Crippen molar-refractivity contribution in [2.24, 2.45) is 5.10 Å². The first kappa shape index (κ1) is 21.7. The second-order valence-electron chi connectivity index (χ2n) is 7.13. The van der Waals surface area contributed by atoms with Gasteiger partial charge >= 0.3 is 5.97 Å². The van der Waals surface area contributed by atoms with Crippen molar-refractivity contribution in [3.8, 4) is 5.75 Å². The van der Waals surface area contributed by atoms with Gasteiger partial charge in [0.1, 0.15) is 18.1 Å². The van der Waals surface area contributed by atoms with Gasteiger partial charge in [0.2, 0.25) is 0 Å². The number of amides is 1. The zero-order chi connectivity index (χ0) is 23.0. The number of nitrogens with one attached hydrogen (secondary N) is 1. The van der Waals surface area contributed by atoms with Crippen molar-refractivity contribution in [2.75, 3.05) is 7.11 Å². The molecule has 3 aromatic carbocycles. The molecule has 0 bridgehead atoms. The van der Waals surface area contributed by atoms with Crippen molar-refractivity contribution >= 4 is 29.0 Å². The number of rotatable bonds is 7. The summed E-state index contributed by atoms with van der Waals surface area (Å²) >= 11 is 0. The number of hydrogen-bond acceptors (Lipinski definition) is 6. The third kappa shape index (κ3) is 5.59. The monoisotopic (exact) mass is 439 g/mol. The molecule has 1 amide bonds. The summed E-state index contributed by atoms with van der Waals surface area (Å²) in [7, 11) is 1.35. The van der Waals surface area contributed by atoms with E-state index in [1.165, 1.54) is 7.11 Å². The van der Waals surface area contributed by atoms with Gasteiger partial charge in [0.05, 0.1) is 24.4 Å². The Morgan fingerprint density at radius 1 is 0.939 bits per heavy atom. The number of hydrazone groups is 1. The zero-order valence-electron chi connectivity index (χ0n) is 17.9. The normalized spacial score (nSPS) is 10.8. The summed E-state index contributed by atoms with van der Waals surface area (Å²) in [5.74, 6) is -0.0618. The number of para-hydroxylation sites is 1. The molecule has 33 heavy (non-hydrogen) atoms. The maximum Gasteiger partial charge on any atom is 0.337 e. The van der Waals surface area contributed by atoms with E-state index in [1.807, 2.05) is 66.7 Å². The third-order valence-corrected chi connectivity index (χ3v) is 4.87. The summed E-state index contributed by atoms with van der Waals surface area (Å²) < 4.78 is 10.5. The molecule has 0 aliphatic carbocycles. The van der Waals surface area contributed by atoms with Gasteiger partial charge in [0.15, 0.2) is 0 Å². The maximum absolute atomic E-state index is 12.3. The molecule has 7 heteroatoms. The quantitative estimate of drug-likeness (QED) is 0.262. The zero-order valence-corrected chi connectivity index (χ0v) is 17.9. The molecule has 0 saturated heterocycles. The number of fused-ring (bicyclic) bond motifs is 1. The van der Waals surface area contributed by atoms with Gasteiger partial charge < -0.3 is 9.47 Å². The van der Waals surface area contributed by atoms with Crippen LogP contribution in [0.2, 0.25) is 0 Å². The number of ether oxygens (including phenoxy) is 2. The van der Waals surface area contributed by atoms with Crippen LogP contribution in [-0.2, 0) is 11.3 Å². The van der Waals surface area contributed by atoms with Crippen LogP contribution >= 0.6 is 0 Å². The van der Waals surface area contributed by atoms with Gasteiger partial charge in [-0.05, 0) is 59.7 Å². The molecule has 0 fully saturated rings. The Morgan fingerprint density at radius 3 is 2.45 bits per heavy atom. The van der Waals surface area contributed by atoms with E-state index in [0.29, 0.717) is 23.6 Å². The van der Waals surface area contributed by atoms with E-state index in [0.717, 1.165) is 22.0 Å². The van der Waals surface area contributed by atoms with Crippen LogP contribution in [0.3, 0.4) is 0 Å². The standard InChI is InChI=1S/C26H21N3O4/c1-32-26(31)21-10-6-19(7-11-21)17-33-22-13-8-18(9-14-22)16-27-29-25(30)24-15-12-20-4-2-3-5-23(20)28-24/h2-16H,17H2,1H3,(H,29,30)/b27-16+. The predicted octanol–water partition coefficient (Wildman–Crippen LogP) is 4.36. The summed E-state index contributed by atoms with van der Waals surface area (Å²) in [5.41, 5.74) is 5.77. The fraction of sp³-hybridized carbons (Fsp3) is 0.0769. The first-order valence-electron chi connectivity index (χ1n) is 10.2. The van der Waals surface area contributed by atoms with Crippen LogP contribution < -0.4 is 10.2 Å². The fourth-order valence-corrected chi connectivity index (χ4v) is 3.09. The molecular formula is C26H21N3O4. The molecule has 7 nitrogen and oxygen atoms in total. The largest absolute Gasteiger partial charge is 0.489 e. The average molecular weight is 439 g/mol. The number of nitrogens with zero attached hydrogens (tertiary/aromatic N) is 2. The van der Waals surface area contributed by atoms with E-state index in [1.54, 1.807) is 24.4 Å². The van der Waals surface area contributed by atoms with Gasteiger partial charge in [-0.25, -0.2) is 15.2 Å². The molecule has 0 saturated carbocycles. The molecule has 0 unspecified atom stereocenters. The number of benzene rings is 3. The molecule has 0 aliphatic rings. The average Bonchev–Trinajstić information content (AvgIpc) is 2.87. The van der Waals surface area contributed by atoms with Crippen molar-refractivity contribution in [2.45, 2.75) is 6.61 Å². The molecule has 1 heterocycles. The SMILES string of the molecule is COC(=O)c1ccc(COc2ccc(/C=N/NC(=O)c3ccc4ccccc4n3)cc2)cc1. The topological polar surface area (TPSA) is 89.9 Å². The van der Waals surface area contributed by atoms with E-state index in [4.69, 9.17) is 4.74 Å². The Morgan fingerprint density at radius 2 is 1.70 bits per heavy atom. The number of carbonyl (C=O) groups is 2. The molecule has 4 aromatic rings. The molecule has 0 spiro atoms. The van der Waals surface area contributed by atoms with Gasteiger partial charge in [-0.3, -0.25) is 4.79 Å². The lowest BCUT2D eigenvalue weighted by molar-refractivity contribution is 0.0600. The van der Waals surface area contributed by atoms with Gasteiger partial charge in [-0.15, -0.1) is 0 Å². The molecular weight excluding hydrogens is 418 g/mol. The Bertz CT molecular complexity index is 1300. The van der Waals surface area contributed by atoms with Crippen LogP contribution in [-0.4, -0.2) is 30.2 Å². The summed E-state index contributed by atoms with van der Waals surface area (Å²) in [6.07, 6.45) is 1.55. The highest BCUT2D eigenvalue weighted by Gasteiger charge is 2.07. The molecule has 1 N–H and O–H groups in total. The van der Waals surface area contributed by atoms with E-state index in [2.05, 4.69) is 20.2 Å². The minimum absolute atomic E-state index is 0.300. The Balaban J connectivity index is 1.29. The number of methoxy groups -OCH3 is 1. The molecule has 0 atom stereocenters. The van der Waals surface area contributed by atoms with E-state index in [-0.39, 0.29) is 11.9 Å². The lowest BCUT2D eigenvalue weighted by atomic mass is 10.1. The van der Waals surface area contributed by atoms with Crippen LogP contribution in [0.25, 0.3) is 10.9 Å². The second-order valence-corrected chi connectivity index (χ2v) is 7.13. The van der Waals surface area contributed by atoms with Crippen molar-refractivity contribution in [1.29, 1.82) is 0 Å². The summed E-state index contributed by atoms with van der Waals surface area (Å²) in [4.78, 5) is 28.1. The molecule has 0 aliphatic heterocycles. The van der Waals surface area contributed by atoms with Gasteiger partial charge in [0.25, 0.3) is 5.91 Å². The smallest absolute Gasteiger partial charge is 0.337 e. The maximum atomic E-state index is 12.3. The van der Waals surface area contributed by atoms with E-state index in [9.17, 15) is 9.59 Å². The molecule has 1 aromatic heterocycles. The lowest BCUT2D eigenvalue weighted by Gasteiger charge is -2.07. The first-order valence-corrected chi connectivity index (χ1v) is 10.2. The fourth-order valence-electron chi connectivity index (χ4n) is 3.09. The van der Waals surface area contributed by atoms with E-state index >= 15 is 0 Å².